The van der Waals surface area contributed by atoms with Crippen LogP contribution < -0.4 is 0 Å². The maximum absolute atomic E-state index is 3.67. The van der Waals surface area contributed by atoms with E-state index in [1.807, 2.05) is 29.6 Å². The van der Waals surface area contributed by atoms with E-state index in [0.29, 0.717) is 0 Å². The van der Waals surface area contributed by atoms with Gasteiger partial charge in [0.1, 0.15) is 0 Å². The average molecular weight is 176 g/mol. The third kappa shape index (κ3) is 8.44. The summed E-state index contributed by atoms with van der Waals surface area (Å²) in [5.41, 5.74) is 0. The summed E-state index contributed by atoms with van der Waals surface area (Å²) in [4.78, 5) is 0. The van der Waals surface area contributed by atoms with Crippen LogP contribution in [0.3, 0.4) is 0 Å². The van der Waals surface area contributed by atoms with Gasteiger partial charge in [-0.2, -0.15) is 23.5 Å². The van der Waals surface area contributed by atoms with Crippen molar-refractivity contribution in [2.45, 2.75) is 19.8 Å². The molecule has 0 nitrogen and oxygen atoms in total. The molecule has 10 heavy (non-hydrogen) atoms. The van der Waals surface area contributed by atoms with Crippen LogP contribution in [0.25, 0.3) is 0 Å². The van der Waals surface area contributed by atoms with Crippen LogP contribution in [0.1, 0.15) is 19.8 Å². The maximum atomic E-state index is 3.67. The molecular weight excluding hydrogens is 160 g/mol. The second-order valence-corrected chi connectivity index (χ2v) is 4.59. The van der Waals surface area contributed by atoms with Crippen LogP contribution in [0.2, 0.25) is 0 Å². The quantitative estimate of drug-likeness (QED) is 0.331. The van der Waals surface area contributed by atoms with Crippen molar-refractivity contribution in [1.29, 1.82) is 0 Å². The molecule has 0 heterocycles. The van der Waals surface area contributed by atoms with Gasteiger partial charge in [0.05, 0.1) is 0 Å². The molecule has 0 aliphatic carbocycles. The number of thioether (sulfide) groups is 2. The van der Waals surface area contributed by atoms with Gasteiger partial charge in [0, 0.05) is 5.08 Å². The highest BCUT2D eigenvalue weighted by Crippen LogP contribution is 2.13. The predicted molar refractivity (Wildman–Crippen MR) is 54.9 cm³/mol. The van der Waals surface area contributed by atoms with Crippen molar-refractivity contribution in [3.8, 4) is 0 Å². The minimum Gasteiger partial charge on any atom is -0.151 e. The van der Waals surface area contributed by atoms with E-state index in [9.17, 15) is 0 Å². The topological polar surface area (TPSA) is 0 Å². The van der Waals surface area contributed by atoms with Crippen LogP contribution in [-0.4, -0.2) is 16.6 Å². The molecular formula is C8H16S2. The van der Waals surface area contributed by atoms with Crippen molar-refractivity contribution < 1.29 is 0 Å². The summed E-state index contributed by atoms with van der Waals surface area (Å²) in [5, 5.41) is 1.25. The standard InChI is InChI=1S/C8H16S2/c1-3-5-7-10-8-9-6-4-2/h3H,1,4-8H2,2H3. The molecule has 0 unspecified atom stereocenters. The van der Waals surface area contributed by atoms with Gasteiger partial charge in [0.2, 0.25) is 0 Å². The second-order valence-electron chi connectivity index (χ2n) is 2.01. The first kappa shape index (κ1) is 10.4. The molecule has 0 saturated heterocycles. The third-order valence-electron chi connectivity index (χ3n) is 0.981. The van der Waals surface area contributed by atoms with Crippen LogP contribution in [-0.2, 0) is 0 Å². The Morgan fingerprint density at radius 1 is 1.30 bits per heavy atom. The highest BCUT2D eigenvalue weighted by atomic mass is 32.2. The fraction of sp³-hybridized carbons (Fsp3) is 0.750. The number of hydrogen-bond donors (Lipinski definition) is 0. The zero-order valence-corrected chi connectivity index (χ0v) is 8.27. The molecule has 0 amide bonds. The number of rotatable bonds is 7. The Morgan fingerprint density at radius 2 is 2.00 bits per heavy atom. The lowest BCUT2D eigenvalue weighted by molar-refractivity contribution is 1.11. The Kier molecular flexibility index (Phi) is 9.86. The van der Waals surface area contributed by atoms with Crippen molar-refractivity contribution >= 4 is 23.5 Å². The van der Waals surface area contributed by atoms with Gasteiger partial charge < -0.3 is 0 Å². The van der Waals surface area contributed by atoms with Gasteiger partial charge in [-0.3, -0.25) is 0 Å². The minimum absolute atomic E-state index is 1.15. The zero-order valence-electron chi connectivity index (χ0n) is 6.64. The first-order valence-corrected chi connectivity index (χ1v) is 5.99. The van der Waals surface area contributed by atoms with Gasteiger partial charge in [0.15, 0.2) is 0 Å². The Balaban J connectivity index is 2.70. The van der Waals surface area contributed by atoms with E-state index in [0.717, 1.165) is 6.42 Å². The Morgan fingerprint density at radius 3 is 2.60 bits per heavy atom. The van der Waals surface area contributed by atoms with E-state index in [1.165, 1.54) is 23.0 Å². The summed E-state index contributed by atoms with van der Waals surface area (Å²) in [6, 6.07) is 0. The molecule has 2 heteroatoms. The molecule has 0 aromatic heterocycles. The highest BCUT2D eigenvalue weighted by molar-refractivity contribution is 8.15. The fourth-order valence-corrected chi connectivity index (χ4v) is 2.52. The van der Waals surface area contributed by atoms with Gasteiger partial charge in [-0.25, -0.2) is 0 Å². The molecule has 0 aromatic carbocycles. The van der Waals surface area contributed by atoms with Gasteiger partial charge in [-0.05, 0) is 24.3 Å². The van der Waals surface area contributed by atoms with Crippen molar-refractivity contribution in [2.24, 2.45) is 0 Å². The molecule has 0 aromatic rings. The summed E-state index contributed by atoms with van der Waals surface area (Å²) in [5.74, 6) is 2.54. The normalized spacial score (nSPS) is 9.70. The molecule has 0 bridgehead atoms. The van der Waals surface area contributed by atoms with E-state index in [2.05, 4.69) is 13.5 Å². The van der Waals surface area contributed by atoms with Crippen LogP contribution in [0.15, 0.2) is 12.7 Å². The molecule has 0 aliphatic rings. The molecule has 0 atom stereocenters. The van der Waals surface area contributed by atoms with E-state index >= 15 is 0 Å². The van der Waals surface area contributed by atoms with Crippen LogP contribution in [0.5, 0.6) is 0 Å². The average Bonchev–Trinajstić information content (AvgIpc) is 1.97. The molecule has 0 aliphatic heterocycles. The van der Waals surface area contributed by atoms with Crippen LogP contribution in [0.4, 0.5) is 0 Å². The van der Waals surface area contributed by atoms with E-state index in [4.69, 9.17) is 0 Å². The minimum atomic E-state index is 1.15. The van der Waals surface area contributed by atoms with Crippen molar-refractivity contribution in [3.63, 3.8) is 0 Å². The molecule has 0 N–H and O–H groups in total. The lowest BCUT2D eigenvalue weighted by Gasteiger charge is -1.97. The molecule has 0 spiro atoms. The highest BCUT2D eigenvalue weighted by Gasteiger charge is 1.86. The largest absolute Gasteiger partial charge is 0.151 e. The van der Waals surface area contributed by atoms with Crippen LogP contribution in [0, 0.1) is 0 Å². The number of allylic oxidation sites excluding steroid dienone is 1. The fourth-order valence-electron chi connectivity index (χ4n) is 0.488. The SMILES string of the molecule is C=CCCSCSCCC. The third-order valence-corrected chi connectivity index (χ3v) is 3.54. The summed E-state index contributed by atoms with van der Waals surface area (Å²) in [6.45, 7) is 5.90. The zero-order chi connectivity index (χ0) is 7.66. The Labute approximate surface area is 72.9 Å². The van der Waals surface area contributed by atoms with Crippen molar-refractivity contribution in [1.82, 2.24) is 0 Å². The summed E-state index contributed by atoms with van der Waals surface area (Å²) in [7, 11) is 0. The molecule has 60 valence electrons. The Bertz CT molecular complexity index is 71.7. The van der Waals surface area contributed by atoms with Crippen molar-refractivity contribution in [2.75, 3.05) is 16.6 Å². The summed E-state index contributed by atoms with van der Waals surface area (Å²) < 4.78 is 0. The predicted octanol–water partition coefficient (Wildman–Crippen LogP) is 3.40. The molecule has 0 fully saturated rings. The van der Waals surface area contributed by atoms with Crippen LogP contribution >= 0.6 is 23.5 Å². The van der Waals surface area contributed by atoms with Gasteiger partial charge >= 0.3 is 0 Å². The van der Waals surface area contributed by atoms with Gasteiger partial charge in [0.25, 0.3) is 0 Å². The molecule has 0 radical (unpaired) electrons. The smallest absolute Gasteiger partial charge is 0.0392 e. The number of hydrogen-bond acceptors (Lipinski definition) is 2. The lowest BCUT2D eigenvalue weighted by atomic mass is 10.5. The first-order valence-electron chi connectivity index (χ1n) is 3.68. The molecule has 0 saturated carbocycles. The summed E-state index contributed by atoms with van der Waals surface area (Å²) in [6.07, 6.45) is 4.43. The lowest BCUT2D eigenvalue weighted by Crippen LogP contribution is -1.79. The second kappa shape index (κ2) is 9.44. The van der Waals surface area contributed by atoms with Gasteiger partial charge in [-0.1, -0.05) is 13.0 Å². The Hall–Kier alpha value is 0.440. The van der Waals surface area contributed by atoms with Gasteiger partial charge in [-0.15, -0.1) is 6.58 Å². The maximum Gasteiger partial charge on any atom is 0.0392 e. The van der Waals surface area contributed by atoms with E-state index in [-0.39, 0.29) is 0 Å². The first-order chi connectivity index (χ1) is 4.91. The monoisotopic (exact) mass is 176 g/mol. The summed E-state index contributed by atoms with van der Waals surface area (Å²) >= 11 is 4.04. The molecule has 0 rings (SSSR count). The van der Waals surface area contributed by atoms with Crippen molar-refractivity contribution in [3.05, 3.63) is 12.7 Å². The van der Waals surface area contributed by atoms with E-state index in [1.54, 1.807) is 0 Å². The van der Waals surface area contributed by atoms with E-state index < -0.39 is 0 Å².